The largest absolute Gasteiger partial charge is 0.294 e. The summed E-state index contributed by atoms with van der Waals surface area (Å²) in [5, 5.41) is 0.373. The predicted octanol–water partition coefficient (Wildman–Crippen LogP) is 2.40. The van der Waals surface area contributed by atoms with Crippen LogP contribution in [0.5, 0.6) is 0 Å². The molecule has 0 aliphatic carbocycles. The monoisotopic (exact) mass is 322 g/mol. The van der Waals surface area contributed by atoms with Crippen molar-refractivity contribution in [2.45, 2.75) is 31.7 Å². The first-order valence-electron chi connectivity index (χ1n) is 6.08. The lowest BCUT2D eigenvalue weighted by molar-refractivity contribution is 0.197. The molecule has 1 fully saturated rings. The van der Waals surface area contributed by atoms with Crippen LogP contribution in [0.4, 0.5) is 0 Å². The highest BCUT2D eigenvalue weighted by Gasteiger charge is 2.35. The Hall–Kier alpha value is -0.360. The average Bonchev–Trinajstić information content (AvgIpc) is 2.33. The van der Waals surface area contributed by atoms with Gasteiger partial charge in [-0.05, 0) is 19.9 Å². The molecule has 4 nitrogen and oxygen atoms in total. The summed E-state index contributed by atoms with van der Waals surface area (Å²) in [4.78, 5) is 6.11. The zero-order valence-corrected chi connectivity index (χ0v) is 13.1. The van der Waals surface area contributed by atoms with E-state index in [-0.39, 0.29) is 17.0 Å². The zero-order chi connectivity index (χ0) is 14.2. The maximum Gasteiger partial charge on any atom is 0.155 e. The molecule has 0 saturated carbocycles. The Morgan fingerprint density at radius 1 is 1.37 bits per heavy atom. The average molecular weight is 323 g/mol. The van der Waals surface area contributed by atoms with Crippen LogP contribution >= 0.6 is 23.2 Å². The lowest BCUT2D eigenvalue weighted by atomic mass is 10.1. The summed E-state index contributed by atoms with van der Waals surface area (Å²) in [5.74, 6) is 0.192. The number of pyridine rings is 1. The summed E-state index contributed by atoms with van der Waals surface area (Å²) in [6.07, 6.45) is 0. The van der Waals surface area contributed by atoms with Gasteiger partial charge in [0.2, 0.25) is 0 Å². The quantitative estimate of drug-likeness (QED) is 0.784. The van der Waals surface area contributed by atoms with Crippen LogP contribution in [-0.2, 0) is 16.4 Å². The molecule has 0 amide bonds. The van der Waals surface area contributed by atoms with E-state index in [9.17, 15) is 8.42 Å². The minimum Gasteiger partial charge on any atom is -0.294 e. The maximum absolute atomic E-state index is 11.8. The fraction of sp³-hybridized carbons (Fsp3) is 0.583. The lowest BCUT2D eigenvalue weighted by Gasteiger charge is -2.37. The highest BCUT2D eigenvalue weighted by atomic mass is 35.5. The van der Waals surface area contributed by atoms with Crippen molar-refractivity contribution in [3.8, 4) is 0 Å². The van der Waals surface area contributed by atoms with Gasteiger partial charge in [-0.15, -0.1) is 0 Å². The molecular formula is C12H16Cl2N2O2S. The summed E-state index contributed by atoms with van der Waals surface area (Å²) < 4.78 is 23.6. The van der Waals surface area contributed by atoms with E-state index in [2.05, 4.69) is 9.88 Å². The summed E-state index contributed by atoms with van der Waals surface area (Å²) in [6.45, 7) is 4.79. The molecule has 106 valence electrons. The second-order valence-electron chi connectivity index (χ2n) is 4.87. The van der Waals surface area contributed by atoms with Gasteiger partial charge in [0.15, 0.2) is 9.84 Å². The Labute approximate surface area is 123 Å². The van der Waals surface area contributed by atoms with Crippen LogP contribution in [0.3, 0.4) is 0 Å². The van der Waals surface area contributed by atoms with Gasteiger partial charge in [0.05, 0.1) is 11.0 Å². The molecule has 1 aliphatic rings. The summed E-state index contributed by atoms with van der Waals surface area (Å²) in [7, 11) is -2.96. The summed E-state index contributed by atoms with van der Waals surface area (Å²) >= 11 is 11.8. The first-order valence-corrected chi connectivity index (χ1v) is 8.55. The van der Waals surface area contributed by atoms with Crippen LogP contribution in [0.1, 0.15) is 19.4 Å². The molecule has 7 heteroatoms. The number of rotatable bonds is 2. The van der Waals surface area contributed by atoms with Crippen LogP contribution in [-0.4, -0.2) is 41.9 Å². The SMILES string of the molecule is CC1C(C)S(=O)(=O)CCN1Cc1ccc(Cl)nc1Cl. The van der Waals surface area contributed by atoms with E-state index in [1.165, 1.54) is 0 Å². The smallest absolute Gasteiger partial charge is 0.155 e. The topological polar surface area (TPSA) is 50.3 Å². The predicted molar refractivity (Wildman–Crippen MR) is 77.4 cm³/mol. The molecule has 1 saturated heterocycles. The van der Waals surface area contributed by atoms with Crippen LogP contribution in [0.2, 0.25) is 10.3 Å². The third-order valence-electron chi connectivity index (χ3n) is 3.75. The Kier molecular flexibility index (Phi) is 4.40. The molecule has 0 N–H and O–H groups in total. The molecular weight excluding hydrogens is 307 g/mol. The van der Waals surface area contributed by atoms with E-state index in [0.29, 0.717) is 23.4 Å². The Morgan fingerprint density at radius 2 is 2.05 bits per heavy atom. The van der Waals surface area contributed by atoms with Gasteiger partial charge >= 0.3 is 0 Å². The highest BCUT2D eigenvalue weighted by Crippen LogP contribution is 2.24. The zero-order valence-electron chi connectivity index (χ0n) is 10.8. The standard InChI is InChI=1S/C12H16Cl2N2O2S/c1-8-9(2)19(17,18)6-5-16(8)7-10-3-4-11(13)15-12(10)14/h3-4,8-9H,5-7H2,1-2H3. The minimum atomic E-state index is -2.96. The third kappa shape index (κ3) is 3.21. The van der Waals surface area contributed by atoms with Gasteiger partial charge in [-0.1, -0.05) is 29.3 Å². The number of hydrogen-bond acceptors (Lipinski definition) is 4. The molecule has 1 aromatic heterocycles. The van der Waals surface area contributed by atoms with Gasteiger partial charge in [0, 0.05) is 24.7 Å². The molecule has 2 rings (SSSR count). The fourth-order valence-corrected chi connectivity index (χ4v) is 4.27. The Bertz CT molecular complexity index is 577. The van der Waals surface area contributed by atoms with Gasteiger partial charge in [-0.2, -0.15) is 0 Å². The normalized spacial score (nSPS) is 27.4. The molecule has 2 heterocycles. The van der Waals surface area contributed by atoms with Crippen LogP contribution in [0.15, 0.2) is 12.1 Å². The van der Waals surface area contributed by atoms with Crippen molar-refractivity contribution < 1.29 is 8.42 Å². The van der Waals surface area contributed by atoms with Crippen molar-refractivity contribution in [1.29, 1.82) is 0 Å². The number of sulfone groups is 1. The van der Waals surface area contributed by atoms with Crippen molar-refractivity contribution >= 4 is 33.0 Å². The lowest BCUT2D eigenvalue weighted by Crippen LogP contribution is -2.51. The summed E-state index contributed by atoms with van der Waals surface area (Å²) in [5.41, 5.74) is 0.865. The Balaban J connectivity index is 2.16. The van der Waals surface area contributed by atoms with E-state index in [1.807, 2.05) is 13.0 Å². The maximum atomic E-state index is 11.8. The van der Waals surface area contributed by atoms with Gasteiger partial charge in [-0.25, -0.2) is 13.4 Å². The van der Waals surface area contributed by atoms with Crippen molar-refractivity contribution in [3.63, 3.8) is 0 Å². The second kappa shape index (κ2) is 5.56. The van der Waals surface area contributed by atoms with E-state index in [0.717, 1.165) is 5.56 Å². The van der Waals surface area contributed by atoms with E-state index in [1.54, 1.807) is 13.0 Å². The first-order chi connectivity index (χ1) is 8.81. The number of aromatic nitrogens is 1. The van der Waals surface area contributed by atoms with Gasteiger partial charge in [0.1, 0.15) is 10.3 Å². The number of nitrogens with zero attached hydrogens (tertiary/aromatic N) is 2. The first kappa shape index (κ1) is 15.0. The number of halogens is 2. The van der Waals surface area contributed by atoms with Crippen molar-refractivity contribution in [1.82, 2.24) is 9.88 Å². The molecule has 2 atom stereocenters. The van der Waals surface area contributed by atoms with Crippen LogP contribution < -0.4 is 0 Å². The number of hydrogen-bond donors (Lipinski definition) is 0. The van der Waals surface area contributed by atoms with Crippen LogP contribution in [0, 0.1) is 0 Å². The molecule has 1 aromatic rings. The third-order valence-corrected chi connectivity index (χ3v) is 6.57. The van der Waals surface area contributed by atoms with E-state index in [4.69, 9.17) is 23.2 Å². The Morgan fingerprint density at radius 3 is 2.68 bits per heavy atom. The molecule has 0 spiro atoms. The molecule has 0 radical (unpaired) electrons. The van der Waals surface area contributed by atoms with Gasteiger partial charge in [-0.3, -0.25) is 4.90 Å². The summed E-state index contributed by atoms with van der Waals surface area (Å²) in [6, 6.07) is 3.49. The molecule has 0 aromatic carbocycles. The van der Waals surface area contributed by atoms with Gasteiger partial charge < -0.3 is 0 Å². The van der Waals surface area contributed by atoms with Gasteiger partial charge in [0.25, 0.3) is 0 Å². The minimum absolute atomic E-state index is 0.0366. The molecule has 19 heavy (non-hydrogen) atoms. The highest BCUT2D eigenvalue weighted by molar-refractivity contribution is 7.92. The molecule has 2 unspecified atom stereocenters. The molecule has 0 bridgehead atoms. The fourth-order valence-electron chi connectivity index (χ4n) is 2.23. The second-order valence-corrected chi connectivity index (χ2v) is 8.09. The van der Waals surface area contributed by atoms with E-state index >= 15 is 0 Å². The van der Waals surface area contributed by atoms with Crippen LogP contribution in [0.25, 0.3) is 0 Å². The van der Waals surface area contributed by atoms with E-state index < -0.39 is 9.84 Å². The molecule has 1 aliphatic heterocycles. The van der Waals surface area contributed by atoms with Crippen molar-refractivity contribution in [2.24, 2.45) is 0 Å². The van der Waals surface area contributed by atoms with Crippen molar-refractivity contribution in [2.75, 3.05) is 12.3 Å². The van der Waals surface area contributed by atoms with Crippen molar-refractivity contribution in [3.05, 3.63) is 28.0 Å².